The van der Waals surface area contributed by atoms with E-state index in [2.05, 4.69) is 17.2 Å². The van der Waals surface area contributed by atoms with Crippen LogP contribution in [0.3, 0.4) is 0 Å². The molecule has 5 nitrogen and oxygen atoms in total. The molecule has 0 aliphatic carbocycles. The van der Waals surface area contributed by atoms with E-state index in [0.717, 1.165) is 35.7 Å². The van der Waals surface area contributed by atoms with E-state index < -0.39 is 0 Å². The first kappa shape index (κ1) is 19.9. The SMILES string of the molecule is CCCOc1ccc(CCC(=O)NCc2ccc(Oc3nccs3)cc2)cc1. The number of amides is 1. The van der Waals surface area contributed by atoms with E-state index >= 15 is 0 Å². The summed E-state index contributed by atoms with van der Waals surface area (Å²) in [5.41, 5.74) is 2.15. The number of hydrogen-bond donors (Lipinski definition) is 1. The molecule has 1 N–H and O–H groups in total. The monoisotopic (exact) mass is 396 g/mol. The summed E-state index contributed by atoms with van der Waals surface area (Å²) in [5.74, 6) is 1.64. The fourth-order valence-electron chi connectivity index (χ4n) is 2.56. The molecule has 0 saturated carbocycles. The smallest absolute Gasteiger partial charge is 0.278 e. The van der Waals surface area contributed by atoms with Gasteiger partial charge in [0, 0.05) is 24.5 Å². The Hall–Kier alpha value is -2.86. The summed E-state index contributed by atoms with van der Waals surface area (Å²) in [6.07, 6.45) is 3.86. The number of thiazole rings is 1. The second kappa shape index (κ2) is 10.5. The topological polar surface area (TPSA) is 60.5 Å². The molecule has 3 rings (SSSR count). The van der Waals surface area contributed by atoms with E-state index in [0.29, 0.717) is 24.6 Å². The molecule has 0 aliphatic heterocycles. The van der Waals surface area contributed by atoms with Crippen LogP contribution in [0.1, 0.15) is 30.9 Å². The van der Waals surface area contributed by atoms with Crippen LogP contribution in [0.15, 0.2) is 60.1 Å². The molecule has 0 saturated heterocycles. The Bertz CT molecular complexity index is 847. The van der Waals surface area contributed by atoms with Crippen molar-refractivity contribution in [1.82, 2.24) is 10.3 Å². The van der Waals surface area contributed by atoms with Crippen LogP contribution in [0.5, 0.6) is 16.7 Å². The van der Waals surface area contributed by atoms with Gasteiger partial charge in [0.25, 0.3) is 5.19 Å². The predicted molar refractivity (Wildman–Crippen MR) is 111 cm³/mol. The molecule has 0 radical (unpaired) electrons. The zero-order valence-electron chi connectivity index (χ0n) is 15.9. The van der Waals surface area contributed by atoms with Crippen molar-refractivity contribution in [1.29, 1.82) is 0 Å². The van der Waals surface area contributed by atoms with Crippen LogP contribution < -0.4 is 14.8 Å². The standard InChI is InChI=1S/C22H24N2O3S/c1-2-14-26-19-8-3-17(4-9-19)7-12-21(25)24-16-18-5-10-20(11-6-18)27-22-23-13-15-28-22/h3-6,8-11,13,15H,2,7,12,14,16H2,1H3,(H,24,25). The minimum atomic E-state index is 0.0365. The molecule has 28 heavy (non-hydrogen) atoms. The van der Waals surface area contributed by atoms with E-state index in [1.807, 2.05) is 53.9 Å². The van der Waals surface area contributed by atoms with Crippen molar-refractivity contribution >= 4 is 17.2 Å². The van der Waals surface area contributed by atoms with Gasteiger partial charge in [0.05, 0.1) is 6.61 Å². The third-order valence-corrected chi connectivity index (χ3v) is 4.71. The third kappa shape index (κ3) is 6.39. The van der Waals surface area contributed by atoms with Crippen molar-refractivity contribution in [3.8, 4) is 16.7 Å². The van der Waals surface area contributed by atoms with Crippen LogP contribution in [0.25, 0.3) is 0 Å². The third-order valence-electron chi connectivity index (χ3n) is 4.06. The number of carbonyl (C=O) groups excluding carboxylic acids is 1. The Morgan fingerprint density at radius 1 is 1.04 bits per heavy atom. The summed E-state index contributed by atoms with van der Waals surface area (Å²) in [6.45, 7) is 3.30. The molecule has 1 aromatic heterocycles. The first-order valence-electron chi connectivity index (χ1n) is 9.37. The van der Waals surface area contributed by atoms with Crippen molar-refractivity contribution in [2.75, 3.05) is 6.61 Å². The maximum absolute atomic E-state index is 12.1. The van der Waals surface area contributed by atoms with Crippen molar-refractivity contribution in [3.05, 3.63) is 71.2 Å². The molecule has 0 unspecified atom stereocenters. The molecule has 0 bridgehead atoms. The molecule has 6 heteroatoms. The number of ether oxygens (including phenoxy) is 2. The number of rotatable bonds is 10. The number of aromatic nitrogens is 1. The Labute approximate surface area is 169 Å². The molecule has 0 spiro atoms. The van der Waals surface area contributed by atoms with Gasteiger partial charge in [0.15, 0.2) is 0 Å². The number of carbonyl (C=O) groups is 1. The van der Waals surface area contributed by atoms with Gasteiger partial charge in [-0.1, -0.05) is 42.5 Å². The predicted octanol–water partition coefficient (Wildman–Crippen LogP) is 4.97. The highest BCUT2D eigenvalue weighted by atomic mass is 32.1. The normalized spacial score (nSPS) is 10.5. The van der Waals surface area contributed by atoms with Crippen LogP contribution in [0.2, 0.25) is 0 Å². The van der Waals surface area contributed by atoms with Crippen LogP contribution in [0, 0.1) is 0 Å². The van der Waals surface area contributed by atoms with Gasteiger partial charge < -0.3 is 14.8 Å². The Morgan fingerprint density at radius 2 is 1.75 bits per heavy atom. The van der Waals surface area contributed by atoms with Gasteiger partial charge in [0.2, 0.25) is 5.91 Å². The lowest BCUT2D eigenvalue weighted by atomic mass is 10.1. The number of nitrogens with one attached hydrogen (secondary N) is 1. The minimum Gasteiger partial charge on any atom is -0.494 e. The van der Waals surface area contributed by atoms with Gasteiger partial charge in [-0.2, -0.15) is 0 Å². The summed E-state index contributed by atoms with van der Waals surface area (Å²) in [6, 6.07) is 15.6. The van der Waals surface area contributed by atoms with E-state index in [4.69, 9.17) is 9.47 Å². The van der Waals surface area contributed by atoms with E-state index in [9.17, 15) is 4.79 Å². The lowest BCUT2D eigenvalue weighted by Crippen LogP contribution is -2.22. The minimum absolute atomic E-state index is 0.0365. The number of nitrogens with zero attached hydrogens (tertiary/aromatic N) is 1. The van der Waals surface area contributed by atoms with Crippen molar-refractivity contribution in [3.63, 3.8) is 0 Å². The summed E-state index contributed by atoms with van der Waals surface area (Å²) < 4.78 is 11.2. The Balaban J connectivity index is 1.39. The fourth-order valence-corrected chi connectivity index (χ4v) is 3.06. The second-order valence-corrected chi connectivity index (χ2v) is 7.17. The summed E-state index contributed by atoms with van der Waals surface area (Å²) in [4.78, 5) is 16.2. The summed E-state index contributed by atoms with van der Waals surface area (Å²) in [7, 11) is 0. The largest absolute Gasteiger partial charge is 0.494 e. The number of aryl methyl sites for hydroxylation is 1. The average molecular weight is 397 g/mol. The van der Waals surface area contributed by atoms with Crippen LogP contribution in [0.4, 0.5) is 0 Å². The van der Waals surface area contributed by atoms with Gasteiger partial charge in [-0.05, 0) is 48.2 Å². The quantitative estimate of drug-likeness (QED) is 0.525. The van der Waals surface area contributed by atoms with Gasteiger partial charge in [0.1, 0.15) is 11.5 Å². The highest BCUT2D eigenvalue weighted by molar-refractivity contribution is 7.11. The van der Waals surface area contributed by atoms with Crippen molar-refractivity contribution in [2.24, 2.45) is 0 Å². The van der Waals surface area contributed by atoms with Crippen LogP contribution in [-0.4, -0.2) is 17.5 Å². The lowest BCUT2D eigenvalue weighted by molar-refractivity contribution is -0.121. The van der Waals surface area contributed by atoms with Crippen LogP contribution >= 0.6 is 11.3 Å². The second-order valence-electron chi connectivity index (χ2n) is 6.31. The highest BCUT2D eigenvalue weighted by Gasteiger charge is 2.04. The number of benzene rings is 2. The molecule has 2 aromatic carbocycles. The maximum atomic E-state index is 12.1. The van der Waals surface area contributed by atoms with Crippen molar-refractivity contribution < 1.29 is 14.3 Å². The molecular weight excluding hydrogens is 372 g/mol. The molecule has 1 heterocycles. The van der Waals surface area contributed by atoms with Crippen molar-refractivity contribution in [2.45, 2.75) is 32.7 Å². The van der Waals surface area contributed by atoms with Gasteiger partial charge in [-0.3, -0.25) is 4.79 Å². The Kier molecular flexibility index (Phi) is 7.44. The van der Waals surface area contributed by atoms with Crippen LogP contribution in [-0.2, 0) is 17.8 Å². The fraction of sp³-hybridized carbons (Fsp3) is 0.273. The molecule has 0 aliphatic rings. The maximum Gasteiger partial charge on any atom is 0.278 e. The first-order chi connectivity index (χ1) is 13.7. The van der Waals surface area contributed by atoms with Gasteiger partial charge >= 0.3 is 0 Å². The van der Waals surface area contributed by atoms with Gasteiger partial charge in [-0.25, -0.2) is 4.98 Å². The summed E-state index contributed by atoms with van der Waals surface area (Å²) >= 11 is 1.45. The van der Waals surface area contributed by atoms with E-state index in [1.165, 1.54) is 11.3 Å². The lowest BCUT2D eigenvalue weighted by Gasteiger charge is -2.08. The average Bonchev–Trinajstić information content (AvgIpc) is 3.24. The zero-order valence-corrected chi connectivity index (χ0v) is 16.7. The molecule has 1 amide bonds. The van der Waals surface area contributed by atoms with Gasteiger partial charge in [-0.15, -0.1) is 0 Å². The summed E-state index contributed by atoms with van der Waals surface area (Å²) in [5, 5.41) is 5.44. The molecule has 146 valence electrons. The molecule has 0 atom stereocenters. The van der Waals surface area contributed by atoms with E-state index in [-0.39, 0.29) is 5.91 Å². The van der Waals surface area contributed by atoms with E-state index in [1.54, 1.807) is 6.20 Å². The first-order valence-corrected chi connectivity index (χ1v) is 10.3. The molecule has 0 fully saturated rings. The number of hydrogen-bond acceptors (Lipinski definition) is 5. The highest BCUT2D eigenvalue weighted by Crippen LogP contribution is 2.23. The zero-order chi connectivity index (χ0) is 19.6. The Morgan fingerprint density at radius 3 is 2.43 bits per heavy atom. The molecular formula is C22H24N2O3S. The molecule has 3 aromatic rings.